The van der Waals surface area contributed by atoms with Crippen molar-refractivity contribution in [3.05, 3.63) is 95.3 Å². The highest BCUT2D eigenvalue weighted by atomic mass is 32.2. The Labute approximate surface area is 224 Å². The molecule has 7 nitrogen and oxygen atoms in total. The number of amides is 2. The first kappa shape index (κ1) is 28.8. The van der Waals surface area contributed by atoms with Gasteiger partial charge in [0.1, 0.15) is 18.4 Å². The van der Waals surface area contributed by atoms with Crippen LogP contribution in [0.5, 0.6) is 0 Å². The molecule has 1 N–H and O–H groups in total. The van der Waals surface area contributed by atoms with E-state index in [0.29, 0.717) is 13.0 Å². The molecule has 3 rings (SSSR count). The average Bonchev–Trinajstić information content (AvgIpc) is 2.88. The predicted molar refractivity (Wildman–Crippen MR) is 147 cm³/mol. The Kier molecular flexibility index (Phi) is 9.63. The predicted octanol–water partition coefficient (Wildman–Crippen LogP) is 4.58. The molecule has 0 spiro atoms. The number of nitrogens with zero attached hydrogens (tertiary/aromatic N) is 2. The van der Waals surface area contributed by atoms with E-state index in [-0.39, 0.29) is 23.0 Å². The number of carbonyl (C=O) groups is 2. The molecule has 3 aromatic carbocycles. The molecule has 0 bridgehead atoms. The molecule has 0 aliphatic rings. The van der Waals surface area contributed by atoms with Gasteiger partial charge in [0.2, 0.25) is 11.8 Å². The van der Waals surface area contributed by atoms with E-state index in [2.05, 4.69) is 5.32 Å². The third-order valence-electron chi connectivity index (χ3n) is 6.17. The number of benzene rings is 3. The number of aryl methyl sites for hydroxylation is 2. The van der Waals surface area contributed by atoms with Gasteiger partial charge in [-0.15, -0.1) is 0 Å². The van der Waals surface area contributed by atoms with Crippen molar-refractivity contribution in [2.75, 3.05) is 17.4 Å². The average molecular weight is 540 g/mol. The van der Waals surface area contributed by atoms with Gasteiger partial charge in [0.05, 0.1) is 10.6 Å². The summed E-state index contributed by atoms with van der Waals surface area (Å²) in [5.74, 6) is -1.40. The molecule has 9 heteroatoms. The van der Waals surface area contributed by atoms with Crippen molar-refractivity contribution >= 4 is 27.5 Å². The molecule has 0 heterocycles. The fourth-order valence-electron chi connectivity index (χ4n) is 4.19. The van der Waals surface area contributed by atoms with Crippen molar-refractivity contribution in [2.24, 2.45) is 0 Å². The van der Waals surface area contributed by atoms with Gasteiger partial charge in [0.25, 0.3) is 10.0 Å². The van der Waals surface area contributed by atoms with E-state index in [0.717, 1.165) is 33.1 Å². The van der Waals surface area contributed by atoms with Gasteiger partial charge in [-0.2, -0.15) is 0 Å². The van der Waals surface area contributed by atoms with Crippen molar-refractivity contribution < 1.29 is 22.4 Å². The van der Waals surface area contributed by atoms with E-state index in [1.54, 1.807) is 26.0 Å². The normalized spacial score (nSPS) is 12.0. The van der Waals surface area contributed by atoms with E-state index in [9.17, 15) is 22.4 Å². The number of sulfonamides is 1. The maximum atomic E-state index is 13.9. The van der Waals surface area contributed by atoms with Crippen LogP contribution in [0.3, 0.4) is 0 Å². The minimum Gasteiger partial charge on any atom is -0.355 e. The van der Waals surface area contributed by atoms with Gasteiger partial charge in [-0.3, -0.25) is 13.9 Å². The highest BCUT2D eigenvalue weighted by Gasteiger charge is 2.33. The molecule has 202 valence electrons. The first-order valence-electron chi connectivity index (χ1n) is 12.5. The van der Waals surface area contributed by atoms with Gasteiger partial charge < -0.3 is 10.2 Å². The molecule has 1 atom stereocenters. The van der Waals surface area contributed by atoms with Gasteiger partial charge in [-0.05, 0) is 69.2 Å². The first-order valence-corrected chi connectivity index (χ1v) is 14.0. The number of nitrogens with one attached hydrogen (secondary N) is 1. The van der Waals surface area contributed by atoms with Crippen molar-refractivity contribution in [3.8, 4) is 0 Å². The number of likely N-dealkylation sites (N-methyl/N-ethyl adjacent to an activating group) is 1. The molecule has 0 unspecified atom stereocenters. The number of hydrogen-bond donors (Lipinski definition) is 1. The number of halogens is 1. The number of anilines is 1. The van der Waals surface area contributed by atoms with Crippen LogP contribution in [0, 0.1) is 19.7 Å². The summed E-state index contributed by atoms with van der Waals surface area (Å²) in [5.41, 5.74) is 2.83. The lowest BCUT2D eigenvalue weighted by molar-refractivity contribution is -0.140. The number of hydrogen-bond acceptors (Lipinski definition) is 4. The molecule has 0 aromatic heterocycles. The summed E-state index contributed by atoms with van der Waals surface area (Å²) in [7, 11) is -4.19. The van der Waals surface area contributed by atoms with Gasteiger partial charge in [0, 0.05) is 13.1 Å². The van der Waals surface area contributed by atoms with Crippen molar-refractivity contribution in [2.45, 2.75) is 51.6 Å². The lowest BCUT2D eigenvalue weighted by Crippen LogP contribution is -2.52. The zero-order valence-electron chi connectivity index (χ0n) is 22.1. The highest BCUT2D eigenvalue weighted by molar-refractivity contribution is 7.92. The summed E-state index contributed by atoms with van der Waals surface area (Å²) in [6.45, 7) is 7.32. The minimum atomic E-state index is -4.19. The largest absolute Gasteiger partial charge is 0.355 e. The maximum Gasteiger partial charge on any atom is 0.264 e. The first-order chi connectivity index (χ1) is 18.1. The van der Waals surface area contributed by atoms with Crippen molar-refractivity contribution in [3.63, 3.8) is 0 Å². The summed E-state index contributed by atoms with van der Waals surface area (Å²) in [4.78, 5) is 28.3. The molecule has 0 aliphatic carbocycles. The van der Waals surface area contributed by atoms with Crippen LogP contribution in [0.25, 0.3) is 0 Å². The van der Waals surface area contributed by atoms with Crippen LogP contribution in [0.1, 0.15) is 37.0 Å². The van der Waals surface area contributed by atoms with Crippen LogP contribution in [-0.4, -0.2) is 44.3 Å². The molecular formula is C29H34FN3O4S. The molecule has 0 radical (unpaired) electrons. The Morgan fingerprint density at radius 1 is 0.921 bits per heavy atom. The third kappa shape index (κ3) is 6.98. The van der Waals surface area contributed by atoms with Gasteiger partial charge in [0.15, 0.2) is 0 Å². The lowest BCUT2D eigenvalue weighted by atomic mass is 10.1. The molecule has 3 aromatic rings. The van der Waals surface area contributed by atoms with Crippen LogP contribution in [-0.2, 0) is 26.2 Å². The Morgan fingerprint density at radius 2 is 1.58 bits per heavy atom. The van der Waals surface area contributed by atoms with E-state index in [4.69, 9.17) is 0 Å². The Hall–Kier alpha value is -3.72. The zero-order valence-corrected chi connectivity index (χ0v) is 23.0. The highest BCUT2D eigenvalue weighted by Crippen LogP contribution is 2.25. The quantitative estimate of drug-likeness (QED) is 0.387. The second kappa shape index (κ2) is 12.7. The molecule has 38 heavy (non-hydrogen) atoms. The van der Waals surface area contributed by atoms with Crippen LogP contribution in [0.4, 0.5) is 10.1 Å². The monoisotopic (exact) mass is 539 g/mol. The summed E-state index contributed by atoms with van der Waals surface area (Å²) in [6.07, 6.45) is 0.338. The van der Waals surface area contributed by atoms with Gasteiger partial charge >= 0.3 is 0 Å². The second-order valence-corrected chi connectivity index (χ2v) is 11.0. The standard InChI is InChI=1S/C29H34FN3O4S/c1-5-27(29(35)31-6-2)32(19-23-9-7-8-22(4)18-23)28(34)20-33(25-14-12-24(30)13-15-25)38(36,37)26-16-10-21(3)11-17-26/h7-18,27H,5-6,19-20H2,1-4H3,(H,31,35)/t27-/m1/s1. The fourth-order valence-corrected chi connectivity index (χ4v) is 5.61. The lowest BCUT2D eigenvalue weighted by Gasteiger charge is -2.33. The molecule has 0 aliphatic heterocycles. The van der Waals surface area contributed by atoms with Crippen LogP contribution < -0.4 is 9.62 Å². The Balaban J connectivity index is 2.05. The van der Waals surface area contributed by atoms with Crippen LogP contribution in [0.15, 0.2) is 77.7 Å². The van der Waals surface area contributed by atoms with Gasteiger partial charge in [-0.1, -0.05) is 54.4 Å². The molecule has 0 saturated carbocycles. The Bertz CT molecular complexity index is 1360. The van der Waals surface area contributed by atoms with Crippen LogP contribution >= 0.6 is 0 Å². The Morgan fingerprint density at radius 3 is 2.16 bits per heavy atom. The number of rotatable bonds is 11. The molecule has 2 amide bonds. The zero-order chi connectivity index (χ0) is 27.9. The fraction of sp³-hybridized carbons (Fsp3) is 0.310. The number of carbonyl (C=O) groups excluding carboxylic acids is 2. The van der Waals surface area contributed by atoms with E-state index >= 15 is 0 Å². The van der Waals surface area contributed by atoms with Crippen LogP contribution in [0.2, 0.25) is 0 Å². The topological polar surface area (TPSA) is 86.8 Å². The van der Waals surface area contributed by atoms with Gasteiger partial charge in [-0.25, -0.2) is 12.8 Å². The molecule has 0 saturated heterocycles. The summed E-state index contributed by atoms with van der Waals surface area (Å²) in [5, 5.41) is 2.78. The maximum absolute atomic E-state index is 13.9. The second-order valence-electron chi connectivity index (χ2n) is 9.13. The molecular weight excluding hydrogens is 505 g/mol. The minimum absolute atomic E-state index is 0.00114. The van der Waals surface area contributed by atoms with Crippen molar-refractivity contribution in [1.29, 1.82) is 0 Å². The summed E-state index contributed by atoms with van der Waals surface area (Å²) >= 11 is 0. The SMILES string of the molecule is CCNC(=O)[C@@H](CC)N(Cc1cccc(C)c1)C(=O)CN(c1ccc(F)cc1)S(=O)(=O)c1ccc(C)cc1. The third-order valence-corrected chi connectivity index (χ3v) is 7.96. The van der Waals surface area contributed by atoms with Crippen molar-refractivity contribution in [1.82, 2.24) is 10.2 Å². The molecule has 0 fully saturated rings. The van der Waals surface area contributed by atoms with E-state index < -0.39 is 34.3 Å². The van der Waals surface area contributed by atoms with E-state index in [1.807, 2.05) is 38.1 Å². The van der Waals surface area contributed by atoms with E-state index in [1.165, 1.54) is 29.2 Å². The smallest absolute Gasteiger partial charge is 0.264 e. The summed E-state index contributed by atoms with van der Waals surface area (Å²) in [6, 6.07) is 18.0. The summed E-state index contributed by atoms with van der Waals surface area (Å²) < 4.78 is 42.2.